The Morgan fingerprint density at radius 2 is 1.86 bits per heavy atom. The number of fused-ring (bicyclic) bond motifs is 1. The SMILES string of the molecule is COc1cc(Br)cc(C=Nc2ccc(-c3nc4cc(C)cc(C)c4o3)cc2)c1O. The van der Waals surface area contributed by atoms with Gasteiger partial charge >= 0.3 is 0 Å². The highest BCUT2D eigenvalue weighted by atomic mass is 79.9. The first kappa shape index (κ1) is 19.2. The summed E-state index contributed by atoms with van der Waals surface area (Å²) in [5.41, 5.74) is 6.09. The average Bonchev–Trinajstić information content (AvgIpc) is 3.13. The Morgan fingerprint density at radius 3 is 2.59 bits per heavy atom. The molecule has 0 amide bonds. The van der Waals surface area contributed by atoms with Gasteiger partial charge in [0.25, 0.3) is 0 Å². The summed E-state index contributed by atoms with van der Waals surface area (Å²) in [4.78, 5) is 9.06. The number of aromatic nitrogens is 1. The normalized spacial score (nSPS) is 11.4. The molecule has 29 heavy (non-hydrogen) atoms. The van der Waals surface area contributed by atoms with E-state index in [1.165, 1.54) is 7.11 Å². The number of oxazole rings is 1. The van der Waals surface area contributed by atoms with Crippen LogP contribution in [-0.4, -0.2) is 23.4 Å². The van der Waals surface area contributed by atoms with E-state index in [-0.39, 0.29) is 5.75 Å². The number of phenols is 1. The van der Waals surface area contributed by atoms with Crippen molar-refractivity contribution in [2.45, 2.75) is 13.8 Å². The Bertz CT molecular complexity index is 1230. The van der Waals surface area contributed by atoms with Crippen molar-refractivity contribution < 1.29 is 14.3 Å². The van der Waals surface area contributed by atoms with Crippen LogP contribution in [0.3, 0.4) is 0 Å². The van der Waals surface area contributed by atoms with Crippen molar-refractivity contribution in [1.29, 1.82) is 0 Å². The van der Waals surface area contributed by atoms with Gasteiger partial charge in [-0.1, -0.05) is 22.0 Å². The molecule has 1 heterocycles. The van der Waals surface area contributed by atoms with Crippen LogP contribution >= 0.6 is 15.9 Å². The van der Waals surface area contributed by atoms with Crippen molar-refractivity contribution in [3.8, 4) is 23.0 Å². The highest BCUT2D eigenvalue weighted by Gasteiger charge is 2.11. The molecule has 4 rings (SSSR count). The molecular formula is C23H19BrN2O3. The van der Waals surface area contributed by atoms with E-state index >= 15 is 0 Å². The van der Waals surface area contributed by atoms with Crippen LogP contribution in [0, 0.1) is 13.8 Å². The monoisotopic (exact) mass is 450 g/mol. The van der Waals surface area contributed by atoms with Crippen LogP contribution in [0.25, 0.3) is 22.6 Å². The number of hydrogen-bond acceptors (Lipinski definition) is 5. The summed E-state index contributed by atoms with van der Waals surface area (Å²) in [6.07, 6.45) is 1.60. The van der Waals surface area contributed by atoms with Gasteiger partial charge in [0, 0.05) is 21.8 Å². The lowest BCUT2D eigenvalue weighted by molar-refractivity contribution is 0.373. The van der Waals surface area contributed by atoms with E-state index in [2.05, 4.69) is 32.0 Å². The Morgan fingerprint density at radius 1 is 1.10 bits per heavy atom. The van der Waals surface area contributed by atoms with Crippen LogP contribution in [-0.2, 0) is 0 Å². The van der Waals surface area contributed by atoms with Crippen LogP contribution in [0.4, 0.5) is 5.69 Å². The number of nitrogens with zero attached hydrogens (tertiary/aromatic N) is 2. The van der Waals surface area contributed by atoms with Gasteiger partial charge in [0.2, 0.25) is 5.89 Å². The minimum Gasteiger partial charge on any atom is -0.504 e. The summed E-state index contributed by atoms with van der Waals surface area (Å²) in [5.74, 6) is 1.02. The molecule has 0 aliphatic heterocycles. The average molecular weight is 451 g/mol. The standard InChI is InChI=1S/C23H19BrN2O3/c1-13-8-14(2)22-19(9-13)26-23(29-22)15-4-6-18(7-5-15)25-12-16-10-17(24)11-20(28-3)21(16)27/h4-12,27H,1-3H3. The van der Waals surface area contributed by atoms with Crippen molar-refractivity contribution in [3.63, 3.8) is 0 Å². The Balaban J connectivity index is 1.61. The third-order valence-electron chi connectivity index (χ3n) is 4.58. The van der Waals surface area contributed by atoms with Crippen LogP contribution in [0.1, 0.15) is 16.7 Å². The van der Waals surface area contributed by atoms with E-state index < -0.39 is 0 Å². The predicted molar refractivity (Wildman–Crippen MR) is 119 cm³/mol. The minimum absolute atomic E-state index is 0.0493. The molecule has 0 spiro atoms. The maximum Gasteiger partial charge on any atom is 0.227 e. The summed E-state index contributed by atoms with van der Waals surface area (Å²) >= 11 is 3.40. The van der Waals surface area contributed by atoms with Gasteiger partial charge in [-0.15, -0.1) is 0 Å². The molecule has 1 N–H and O–H groups in total. The molecular weight excluding hydrogens is 432 g/mol. The van der Waals surface area contributed by atoms with Gasteiger partial charge in [0.15, 0.2) is 17.1 Å². The molecule has 4 aromatic rings. The number of benzene rings is 3. The third-order valence-corrected chi connectivity index (χ3v) is 5.03. The first-order valence-corrected chi connectivity index (χ1v) is 9.82. The molecule has 0 aliphatic carbocycles. The number of phenolic OH excluding ortho intramolecular Hbond substituents is 1. The maximum atomic E-state index is 10.2. The second kappa shape index (κ2) is 7.72. The second-order valence-corrected chi connectivity index (χ2v) is 7.72. The van der Waals surface area contributed by atoms with E-state index in [0.29, 0.717) is 17.2 Å². The number of hydrogen-bond donors (Lipinski definition) is 1. The topological polar surface area (TPSA) is 67.9 Å². The lowest BCUT2D eigenvalue weighted by Gasteiger charge is -2.06. The minimum atomic E-state index is 0.0493. The number of rotatable bonds is 4. The first-order chi connectivity index (χ1) is 13.9. The molecule has 0 aliphatic rings. The number of methoxy groups -OCH3 is 1. The third kappa shape index (κ3) is 3.89. The zero-order valence-corrected chi connectivity index (χ0v) is 17.8. The maximum absolute atomic E-state index is 10.2. The Kier molecular flexibility index (Phi) is 5.11. The molecule has 0 atom stereocenters. The van der Waals surface area contributed by atoms with Crippen LogP contribution in [0.2, 0.25) is 0 Å². The highest BCUT2D eigenvalue weighted by Crippen LogP contribution is 2.33. The second-order valence-electron chi connectivity index (χ2n) is 6.80. The van der Waals surface area contributed by atoms with Gasteiger partial charge < -0.3 is 14.3 Å². The van der Waals surface area contributed by atoms with E-state index in [0.717, 1.165) is 38.0 Å². The summed E-state index contributed by atoms with van der Waals surface area (Å²) in [7, 11) is 1.51. The van der Waals surface area contributed by atoms with Gasteiger partial charge in [-0.25, -0.2) is 4.98 Å². The summed E-state index contributed by atoms with van der Waals surface area (Å²) in [6, 6.07) is 15.2. The summed E-state index contributed by atoms with van der Waals surface area (Å²) in [5, 5.41) is 10.2. The number of aliphatic imine (C=N–C) groups is 1. The Hall–Kier alpha value is -3.12. The van der Waals surface area contributed by atoms with Crippen molar-refractivity contribution in [1.82, 2.24) is 4.98 Å². The number of aromatic hydroxyl groups is 1. The number of halogens is 1. The molecule has 6 heteroatoms. The molecule has 0 bridgehead atoms. The highest BCUT2D eigenvalue weighted by molar-refractivity contribution is 9.10. The molecule has 146 valence electrons. The van der Waals surface area contributed by atoms with Gasteiger partial charge in [-0.05, 0) is 67.4 Å². The molecule has 3 aromatic carbocycles. The van der Waals surface area contributed by atoms with E-state index in [4.69, 9.17) is 9.15 Å². The molecule has 1 aromatic heterocycles. The van der Waals surface area contributed by atoms with E-state index in [1.807, 2.05) is 44.2 Å². The van der Waals surface area contributed by atoms with Crippen LogP contribution < -0.4 is 4.74 Å². The van der Waals surface area contributed by atoms with Crippen molar-refractivity contribution in [2.24, 2.45) is 4.99 Å². The zero-order chi connectivity index (χ0) is 20.5. The molecule has 0 fully saturated rings. The Labute approximate surface area is 176 Å². The smallest absolute Gasteiger partial charge is 0.227 e. The predicted octanol–water partition coefficient (Wildman–Crippen LogP) is 6.34. The van der Waals surface area contributed by atoms with Gasteiger partial charge in [0.1, 0.15) is 5.52 Å². The van der Waals surface area contributed by atoms with Crippen LogP contribution in [0.15, 0.2) is 62.4 Å². The molecule has 5 nitrogen and oxygen atoms in total. The molecule has 0 radical (unpaired) electrons. The number of ether oxygens (including phenoxy) is 1. The van der Waals surface area contributed by atoms with Gasteiger partial charge in [-0.3, -0.25) is 4.99 Å². The lowest BCUT2D eigenvalue weighted by Crippen LogP contribution is -1.89. The first-order valence-electron chi connectivity index (χ1n) is 9.03. The molecule has 0 unspecified atom stereocenters. The molecule has 0 saturated carbocycles. The quantitative estimate of drug-likeness (QED) is 0.368. The van der Waals surface area contributed by atoms with E-state index in [1.54, 1.807) is 18.3 Å². The molecule has 0 saturated heterocycles. The fourth-order valence-electron chi connectivity index (χ4n) is 3.18. The number of aryl methyl sites for hydroxylation is 2. The van der Waals surface area contributed by atoms with E-state index in [9.17, 15) is 5.11 Å². The lowest BCUT2D eigenvalue weighted by atomic mass is 10.1. The fraction of sp³-hybridized carbons (Fsp3) is 0.130. The zero-order valence-electron chi connectivity index (χ0n) is 16.2. The fourth-order valence-corrected chi connectivity index (χ4v) is 3.64. The van der Waals surface area contributed by atoms with Gasteiger partial charge in [0.05, 0.1) is 12.8 Å². The van der Waals surface area contributed by atoms with Crippen molar-refractivity contribution in [3.05, 3.63) is 69.7 Å². The summed E-state index contributed by atoms with van der Waals surface area (Å²) in [6.45, 7) is 4.07. The van der Waals surface area contributed by atoms with Crippen molar-refractivity contribution >= 4 is 38.9 Å². The summed E-state index contributed by atoms with van der Waals surface area (Å²) < 4.78 is 11.9. The largest absolute Gasteiger partial charge is 0.504 e. The van der Waals surface area contributed by atoms with Crippen molar-refractivity contribution in [2.75, 3.05) is 7.11 Å². The van der Waals surface area contributed by atoms with Gasteiger partial charge in [-0.2, -0.15) is 0 Å². The van der Waals surface area contributed by atoms with Crippen LogP contribution in [0.5, 0.6) is 11.5 Å².